The van der Waals surface area contributed by atoms with Gasteiger partial charge in [-0.1, -0.05) is 41.9 Å². The number of benzene rings is 2. The summed E-state index contributed by atoms with van der Waals surface area (Å²) in [5.41, 5.74) is 1.80. The summed E-state index contributed by atoms with van der Waals surface area (Å²) < 4.78 is 0. The standard InChI is InChI=1S/C17H13ClN4O/c18-14-8-4-5-9-15(14)22-17-19-10-12(11-20-17)16(23)21-13-6-2-1-3-7-13/h1-11H,(H,21,23)(H,19,20,22). The molecular formula is C17H13ClN4O. The predicted molar refractivity (Wildman–Crippen MR) is 91.2 cm³/mol. The molecule has 0 spiro atoms. The summed E-state index contributed by atoms with van der Waals surface area (Å²) in [5, 5.41) is 6.35. The van der Waals surface area contributed by atoms with Gasteiger partial charge in [0.1, 0.15) is 0 Å². The normalized spacial score (nSPS) is 10.1. The van der Waals surface area contributed by atoms with Crippen molar-refractivity contribution >= 4 is 34.8 Å². The zero-order valence-corrected chi connectivity index (χ0v) is 12.8. The van der Waals surface area contributed by atoms with Crippen molar-refractivity contribution in [2.45, 2.75) is 0 Å². The van der Waals surface area contributed by atoms with E-state index in [1.165, 1.54) is 12.4 Å². The maximum Gasteiger partial charge on any atom is 0.258 e. The summed E-state index contributed by atoms with van der Waals surface area (Å²) in [6, 6.07) is 16.5. The maximum absolute atomic E-state index is 12.1. The molecule has 114 valence electrons. The van der Waals surface area contributed by atoms with Crippen LogP contribution in [0.1, 0.15) is 10.4 Å². The molecule has 0 saturated carbocycles. The number of carbonyl (C=O) groups excluding carboxylic acids is 1. The number of hydrogen-bond acceptors (Lipinski definition) is 4. The summed E-state index contributed by atoms with van der Waals surface area (Å²) in [4.78, 5) is 20.4. The zero-order chi connectivity index (χ0) is 16.1. The highest BCUT2D eigenvalue weighted by atomic mass is 35.5. The van der Waals surface area contributed by atoms with Crippen LogP contribution in [0.25, 0.3) is 0 Å². The minimum atomic E-state index is -0.263. The Balaban J connectivity index is 1.69. The van der Waals surface area contributed by atoms with E-state index >= 15 is 0 Å². The predicted octanol–water partition coefficient (Wildman–Crippen LogP) is 4.13. The number of nitrogens with zero attached hydrogens (tertiary/aromatic N) is 2. The quantitative estimate of drug-likeness (QED) is 0.757. The highest BCUT2D eigenvalue weighted by Gasteiger charge is 2.08. The van der Waals surface area contributed by atoms with E-state index in [0.717, 1.165) is 5.69 Å². The molecule has 2 N–H and O–H groups in total. The van der Waals surface area contributed by atoms with E-state index in [0.29, 0.717) is 22.2 Å². The average Bonchev–Trinajstić information content (AvgIpc) is 2.58. The molecule has 2 aromatic carbocycles. The van der Waals surface area contributed by atoms with Crippen molar-refractivity contribution in [1.29, 1.82) is 0 Å². The van der Waals surface area contributed by atoms with Gasteiger partial charge in [-0.3, -0.25) is 4.79 Å². The second-order valence-corrected chi connectivity index (χ2v) is 5.13. The highest BCUT2D eigenvalue weighted by molar-refractivity contribution is 6.33. The molecule has 0 saturated heterocycles. The fraction of sp³-hybridized carbons (Fsp3) is 0. The Kier molecular flexibility index (Phi) is 4.49. The lowest BCUT2D eigenvalue weighted by molar-refractivity contribution is 0.102. The number of nitrogens with one attached hydrogen (secondary N) is 2. The molecule has 0 radical (unpaired) electrons. The fourth-order valence-corrected chi connectivity index (χ4v) is 2.10. The third-order valence-electron chi connectivity index (χ3n) is 3.07. The van der Waals surface area contributed by atoms with Crippen LogP contribution in [0.5, 0.6) is 0 Å². The first-order valence-electron chi connectivity index (χ1n) is 6.92. The van der Waals surface area contributed by atoms with Gasteiger partial charge >= 0.3 is 0 Å². The number of hydrogen-bond donors (Lipinski definition) is 2. The molecule has 0 fully saturated rings. The van der Waals surface area contributed by atoms with E-state index in [4.69, 9.17) is 11.6 Å². The minimum absolute atomic E-state index is 0.263. The lowest BCUT2D eigenvalue weighted by atomic mass is 10.3. The van der Waals surface area contributed by atoms with Gasteiger partial charge < -0.3 is 10.6 Å². The maximum atomic E-state index is 12.1. The molecule has 6 heteroatoms. The first kappa shape index (κ1) is 15.0. The van der Waals surface area contributed by atoms with Crippen molar-refractivity contribution in [2.75, 3.05) is 10.6 Å². The molecule has 1 amide bonds. The number of rotatable bonds is 4. The summed E-state index contributed by atoms with van der Waals surface area (Å²) in [6.45, 7) is 0. The van der Waals surface area contributed by atoms with Gasteiger partial charge in [-0.05, 0) is 24.3 Å². The number of amides is 1. The Bertz CT molecular complexity index is 806. The molecule has 3 aromatic rings. The molecule has 0 aliphatic heterocycles. The lowest BCUT2D eigenvalue weighted by Gasteiger charge is -2.07. The lowest BCUT2D eigenvalue weighted by Crippen LogP contribution is -2.13. The first-order valence-corrected chi connectivity index (χ1v) is 7.30. The van der Waals surface area contributed by atoms with Gasteiger partial charge in [-0.2, -0.15) is 0 Å². The topological polar surface area (TPSA) is 66.9 Å². The number of anilines is 3. The van der Waals surface area contributed by atoms with Crippen LogP contribution >= 0.6 is 11.6 Å². The van der Waals surface area contributed by atoms with Crippen LogP contribution in [0.3, 0.4) is 0 Å². The molecule has 0 aliphatic rings. The molecule has 5 nitrogen and oxygen atoms in total. The van der Waals surface area contributed by atoms with E-state index < -0.39 is 0 Å². The third kappa shape index (κ3) is 3.84. The van der Waals surface area contributed by atoms with Gasteiger partial charge in [-0.25, -0.2) is 9.97 Å². The summed E-state index contributed by atoms with van der Waals surface area (Å²) in [6.07, 6.45) is 2.93. The van der Waals surface area contributed by atoms with Gasteiger partial charge in [0.2, 0.25) is 5.95 Å². The number of halogens is 1. The molecule has 0 aliphatic carbocycles. The van der Waals surface area contributed by atoms with E-state index in [1.807, 2.05) is 48.5 Å². The van der Waals surface area contributed by atoms with Gasteiger partial charge in [0.15, 0.2) is 0 Å². The van der Waals surface area contributed by atoms with E-state index in [-0.39, 0.29) is 5.91 Å². The SMILES string of the molecule is O=C(Nc1ccccc1)c1cnc(Nc2ccccc2Cl)nc1. The second-order valence-electron chi connectivity index (χ2n) is 4.72. The molecule has 0 unspecified atom stereocenters. The summed E-state index contributed by atoms with van der Waals surface area (Å²) in [5.74, 6) is 0.106. The van der Waals surface area contributed by atoms with Crippen molar-refractivity contribution in [3.05, 3.63) is 77.6 Å². The molecule has 23 heavy (non-hydrogen) atoms. The Labute approximate surface area is 138 Å². The van der Waals surface area contributed by atoms with Crippen LogP contribution in [0.2, 0.25) is 5.02 Å². The molecule has 0 bridgehead atoms. The van der Waals surface area contributed by atoms with Crippen LogP contribution in [-0.2, 0) is 0 Å². The van der Waals surface area contributed by atoms with Crippen LogP contribution in [0.15, 0.2) is 67.0 Å². The Hall–Kier alpha value is -2.92. The van der Waals surface area contributed by atoms with Crippen LogP contribution in [-0.4, -0.2) is 15.9 Å². The smallest absolute Gasteiger partial charge is 0.258 e. The molecular weight excluding hydrogens is 312 g/mol. The largest absolute Gasteiger partial charge is 0.323 e. The van der Waals surface area contributed by atoms with E-state index in [9.17, 15) is 4.79 Å². The van der Waals surface area contributed by atoms with E-state index in [2.05, 4.69) is 20.6 Å². The van der Waals surface area contributed by atoms with Crippen LogP contribution in [0.4, 0.5) is 17.3 Å². The molecule has 0 atom stereocenters. The number of carbonyl (C=O) groups is 1. The first-order chi connectivity index (χ1) is 11.2. The van der Waals surface area contributed by atoms with Crippen molar-refractivity contribution in [1.82, 2.24) is 9.97 Å². The van der Waals surface area contributed by atoms with Gasteiger partial charge in [0.25, 0.3) is 5.91 Å². The Morgan fingerprint density at radius 3 is 2.26 bits per heavy atom. The van der Waals surface area contributed by atoms with Gasteiger partial charge in [0, 0.05) is 18.1 Å². The highest BCUT2D eigenvalue weighted by Crippen LogP contribution is 2.22. The monoisotopic (exact) mass is 324 g/mol. The van der Waals surface area contributed by atoms with Crippen molar-refractivity contribution in [2.24, 2.45) is 0 Å². The Morgan fingerprint density at radius 2 is 1.57 bits per heavy atom. The van der Waals surface area contributed by atoms with Crippen molar-refractivity contribution in [3.63, 3.8) is 0 Å². The third-order valence-corrected chi connectivity index (χ3v) is 3.40. The number of aromatic nitrogens is 2. The molecule has 3 rings (SSSR count). The summed E-state index contributed by atoms with van der Waals surface area (Å²) in [7, 11) is 0. The van der Waals surface area contributed by atoms with Gasteiger partial charge in [0.05, 0.1) is 16.3 Å². The van der Waals surface area contributed by atoms with Crippen LogP contribution in [0, 0.1) is 0 Å². The molecule has 1 aromatic heterocycles. The average molecular weight is 325 g/mol. The fourth-order valence-electron chi connectivity index (χ4n) is 1.92. The zero-order valence-electron chi connectivity index (χ0n) is 12.0. The molecule has 1 heterocycles. The number of para-hydroxylation sites is 2. The summed E-state index contributed by atoms with van der Waals surface area (Å²) >= 11 is 6.06. The van der Waals surface area contributed by atoms with Crippen molar-refractivity contribution in [3.8, 4) is 0 Å². The minimum Gasteiger partial charge on any atom is -0.323 e. The van der Waals surface area contributed by atoms with Gasteiger partial charge in [-0.15, -0.1) is 0 Å². The Morgan fingerprint density at radius 1 is 0.913 bits per heavy atom. The van der Waals surface area contributed by atoms with E-state index in [1.54, 1.807) is 6.07 Å². The van der Waals surface area contributed by atoms with Crippen LogP contribution < -0.4 is 10.6 Å². The van der Waals surface area contributed by atoms with Crippen molar-refractivity contribution < 1.29 is 4.79 Å². The second kappa shape index (κ2) is 6.89.